The number of thiophene rings is 1. The van der Waals surface area contributed by atoms with Gasteiger partial charge in [0.15, 0.2) is 5.17 Å². The number of amides is 3. The maximum atomic E-state index is 13.1. The van der Waals surface area contributed by atoms with Gasteiger partial charge in [0, 0.05) is 42.2 Å². The number of nitrogens with one attached hydrogen (secondary N) is 1. The summed E-state index contributed by atoms with van der Waals surface area (Å²) in [5.74, 6) is -0.466. The first-order valence-corrected chi connectivity index (χ1v) is 13.1. The van der Waals surface area contributed by atoms with Crippen molar-refractivity contribution >= 4 is 51.7 Å². The maximum Gasteiger partial charge on any atom is 0.262 e. The number of likely N-dealkylation sites (tertiary alicyclic amines) is 1. The van der Waals surface area contributed by atoms with Crippen LogP contribution in [0.5, 0.6) is 0 Å². The van der Waals surface area contributed by atoms with Gasteiger partial charge in [-0.25, -0.2) is 0 Å². The molecule has 2 unspecified atom stereocenters. The molecule has 3 aliphatic rings. The summed E-state index contributed by atoms with van der Waals surface area (Å²) in [6.45, 7) is 4.63. The predicted molar refractivity (Wildman–Crippen MR) is 132 cm³/mol. The van der Waals surface area contributed by atoms with Crippen molar-refractivity contribution in [1.29, 1.82) is 0 Å². The molecule has 2 atom stereocenters. The van der Waals surface area contributed by atoms with E-state index in [0.717, 1.165) is 37.5 Å². The average Bonchev–Trinajstić information content (AvgIpc) is 3.56. The summed E-state index contributed by atoms with van der Waals surface area (Å²) in [5.41, 5.74) is 2.45. The molecule has 3 aliphatic heterocycles. The van der Waals surface area contributed by atoms with Gasteiger partial charge in [0.25, 0.3) is 11.8 Å². The van der Waals surface area contributed by atoms with Gasteiger partial charge in [0.1, 0.15) is 5.25 Å². The Balaban J connectivity index is 1.16. The van der Waals surface area contributed by atoms with E-state index in [1.807, 2.05) is 4.90 Å². The molecule has 33 heavy (non-hydrogen) atoms. The van der Waals surface area contributed by atoms with Crippen molar-refractivity contribution in [1.82, 2.24) is 9.80 Å². The molecular weight excluding hydrogens is 456 g/mol. The third kappa shape index (κ3) is 4.56. The number of aliphatic imine (C=N–C) groups is 1. The summed E-state index contributed by atoms with van der Waals surface area (Å²) in [4.78, 5) is 47.4. The van der Waals surface area contributed by atoms with E-state index < -0.39 is 5.25 Å². The molecule has 1 aromatic carbocycles. The highest BCUT2D eigenvalue weighted by Crippen LogP contribution is 2.34. The molecule has 9 heteroatoms. The lowest BCUT2D eigenvalue weighted by atomic mass is 10.0. The Morgan fingerprint density at radius 2 is 1.88 bits per heavy atom. The lowest BCUT2D eigenvalue weighted by molar-refractivity contribution is -0.121. The quantitative estimate of drug-likeness (QED) is 0.714. The van der Waals surface area contributed by atoms with Crippen molar-refractivity contribution in [3.05, 3.63) is 51.7 Å². The number of carbonyl (C=O) groups excluding carboxylic acids is 3. The van der Waals surface area contributed by atoms with Crippen molar-refractivity contribution in [2.75, 3.05) is 25.0 Å². The van der Waals surface area contributed by atoms with Crippen LogP contribution in [-0.2, 0) is 16.0 Å². The molecule has 3 amide bonds. The van der Waals surface area contributed by atoms with Crippen LogP contribution in [-0.4, -0.2) is 57.6 Å². The van der Waals surface area contributed by atoms with Crippen LogP contribution in [0, 0.1) is 0 Å². The van der Waals surface area contributed by atoms with E-state index in [4.69, 9.17) is 0 Å². The highest BCUT2D eigenvalue weighted by atomic mass is 32.2. The van der Waals surface area contributed by atoms with Gasteiger partial charge in [-0.15, -0.1) is 11.3 Å². The summed E-state index contributed by atoms with van der Waals surface area (Å²) in [6.07, 6.45) is 3.20. The van der Waals surface area contributed by atoms with Gasteiger partial charge in [0.2, 0.25) is 5.91 Å². The molecule has 0 radical (unpaired) electrons. The fourth-order valence-corrected chi connectivity index (χ4v) is 6.66. The van der Waals surface area contributed by atoms with Gasteiger partial charge in [-0.05, 0) is 67.5 Å². The standard InChI is InChI=1S/C24H26N4O3S2/c1-15-18-9-13-32-19(18)8-12-28(15)23(31)16-4-6-17(7-5-16)25-21(29)14-20-22(30)26-24(33-20)27-10-2-3-11-27/h4-7,9,13,15,20H,2-3,8,10-12,14H2,1H3,(H,25,29). The number of thioether (sulfide) groups is 1. The van der Waals surface area contributed by atoms with Crippen LogP contribution in [0.25, 0.3) is 0 Å². The minimum absolute atomic E-state index is 0.00299. The molecule has 0 saturated carbocycles. The highest BCUT2D eigenvalue weighted by molar-refractivity contribution is 8.15. The molecule has 0 spiro atoms. The number of rotatable bonds is 4. The monoisotopic (exact) mass is 482 g/mol. The van der Waals surface area contributed by atoms with E-state index in [9.17, 15) is 14.4 Å². The van der Waals surface area contributed by atoms with Gasteiger partial charge < -0.3 is 15.1 Å². The summed E-state index contributed by atoms with van der Waals surface area (Å²) in [5, 5.41) is 5.21. The minimum atomic E-state index is -0.468. The van der Waals surface area contributed by atoms with Crippen LogP contribution < -0.4 is 5.32 Å². The first kappa shape index (κ1) is 22.2. The number of amidine groups is 1. The molecule has 1 saturated heterocycles. The van der Waals surface area contributed by atoms with Crippen LogP contribution in [0.3, 0.4) is 0 Å². The topological polar surface area (TPSA) is 82.1 Å². The Morgan fingerprint density at radius 1 is 1.12 bits per heavy atom. The molecule has 0 aliphatic carbocycles. The molecule has 1 N–H and O–H groups in total. The largest absolute Gasteiger partial charge is 0.351 e. The number of nitrogens with zero attached hydrogens (tertiary/aromatic N) is 3. The van der Waals surface area contributed by atoms with E-state index in [0.29, 0.717) is 17.8 Å². The Bertz CT molecular complexity index is 1110. The Hall–Kier alpha value is -2.65. The number of hydrogen-bond acceptors (Lipinski definition) is 6. The zero-order valence-electron chi connectivity index (χ0n) is 18.5. The molecule has 172 valence electrons. The van der Waals surface area contributed by atoms with Gasteiger partial charge >= 0.3 is 0 Å². The number of hydrogen-bond donors (Lipinski definition) is 1. The lowest BCUT2D eigenvalue weighted by Crippen LogP contribution is -2.38. The van der Waals surface area contributed by atoms with Crippen LogP contribution in [0.15, 0.2) is 40.7 Å². The molecule has 1 aromatic heterocycles. The van der Waals surface area contributed by atoms with Crippen molar-refractivity contribution in [3.63, 3.8) is 0 Å². The van der Waals surface area contributed by atoms with E-state index in [-0.39, 0.29) is 30.2 Å². The zero-order chi connectivity index (χ0) is 22.9. The summed E-state index contributed by atoms with van der Waals surface area (Å²) in [6, 6.07) is 9.14. The van der Waals surface area contributed by atoms with Gasteiger partial charge in [-0.2, -0.15) is 4.99 Å². The molecule has 4 heterocycles. The second-order valence-electron chi connectivity index (χ2n) is 8.59. The molecule has 1 fully saturated rings. The summed E-state index contributed by atoms with van der Waals surface area (Å²) >= 11 is 3.14. The summed E-state index contributed by atoms with van der Waals surface area (Å²) < 4.78 is 0. The van der Waals surface area contributed by atoms with E-state index in [1.54, 1.807) is 35.6 Å². The highest BCUT2D eigenvalue weighted by Gasteiger charge is 2.34. The van der Waals surface area contributed by atoms with Crippen LogP contribution in [0.1, 0.15) is 53.0 Å². The number of benzene rings is 1. The van der Waals surface area contributed by atoms with Gasteiger partial charge in [0.05, 0.1) is 6.04 Å². The van der Waals surface area contributed by atoms with E-state index >= 15 is 0 Å². The second kappa shape index (κ2) is 9.30. The fourth-order valence-electron chi connectivity index (χ4n) is 4.58. The molecule has 7 nitrogen and oxygen atoms in total. The van der Waals surface area contributed by atoms with Crippen LogP contribution in [0.2, 0.25) is 0 Å². The Labute approximate surface area is 201 Å². The third-order valence-electron chi connectivity index (χ3n) is 6.43. The smallest absolute Gasteiger partial charge is 0.262 e. The first-order valence-electron chi connectivity index (χ1n) is 11.3. The molecule has 2 aromatic rings. The van der Waals surface area contributed by atoms with E-state index in [2.05, 4.69) is 33.6 Å². The zero-order valence-corrected chi connectivity index (χ0v) is 20.1. The normalized spacial score (nSPS) is 22.3. The SMILES string of the molecule is CC1c2ccsc2CCN1C(=O)c1ccc(NC(=O)CC2SC(N3CCCC3)=NC2=O)cc1. The summed E-state index contributed by atoms with van der Waals surface area (Å²) in [7, 11) is 0. The van der Waals surface area contributed by atoms with E-state index in [1.165, 1.54) is 22.2 Å². The molecule has 5 rings (SSSR count). The second-order valence-corrected chi connectivity index (χ2v) is 10.8. The van der Waals surface area contributed by atoms with Crippen molar-refractivity contribution in [2.24, 2.45) is 4.99 Å². The third-order valence-corrected chi connectivity index (χ3v) is 8.64. The number of fused-ring (bicyclic) bond motifs is 1. The Kier molecular flexibility index (Phi) is 6.25. The molecular formula is C24H26N4O3S2. The fraction of sp³-hybridized carbons (Fsp3) is 0.417. The Morgan fingerprint density at radius 3 is 2.64 bits per heavy atom. The minimum Gasteiger partial charge on any atom is -0.351 e. The number of carbonyl (C=O) groups is 3. The van der Waals surface area contributed by atoms with Crippen LogP contribution in [0.4, 0.5) is 5.69 Å². The van der Waals surface area contributed by atoms with Crippen molar-refractivity contribution < 1.29 is 14.4 Å². The van der Waals surface area contributed by atoms with Crippen LogP contribution >= 0.6 is 23.1 Å². The number of anilines is 1. The average molecular weight is 483 g/mol. The predicted octanol–water partition coefficient (Wildman–Crippen LogP) is 3.93. The lowest BCUT2D eigenvalue weighted by Gasteiger charge is -2.33. The maximum absolute atomic E-state index is 13.1. The molecule has 0 bridgehead atoms. The van der Waals surface area contributed by atoms with Gasteiger partial charge in [-0.3, -0.25) is 14.4 Å². The van der Waals surface area contributed by atoms with Gasteiger partial charge in [-0.1, -0.05) is 11.8 Å². The first-order chi connectivity index (χ1) is 16.0. The van der Waals surface area contributed by atoms with Crippen molar-refractivity contribution in [3.8, 4) is 0 Å². The van der Waals surface area contributed by atoms with Crippen molar-refractivity contribution in [2.45, 2.75) is 43.9 Å².